The first-order valence-corrected chi connectivity index (χ1v) is 6.33. The highest BCUT2D eigenvalue weighted by atomic mass is 16.1. The number of rotatable bonds is 6. The van der Waals surface area contributed by atoms with Crippen molar-refractivity contribution < 1.29 is 4.79 Å². The van der Waals surface area contributed by atoms with Crippen LogP contribution in [-0.2, 0) is 17.8 Å². The molecule has 1 aromatic carbocycles. The summed E-state index contributed by atoms with van der Waals surface area (Å²) >= 11 is 0. The highest BCUT2D eigenvalue weighted by molar-refractivity contribution is 5.82. The third kappa shape index (κ3) is 5.14. The van der Waals surface area contributed by atoms with Crippen LogP contribution in [0.15, 0.2) is 24.3 Å². The summed E-state index contributed by atoms with van der Waals surface area (Å²) in [4.78, 5) is 11.6. The first kappa shape index (κ1) is 13.9. The van der Waals surface area contributed by atoms with Gasteiger partial charge in [0.1, 0.15) is 5.78 Å². The van der Waals surface area contributed by atoms with Crippen LogP contribution < -0.4 is 5.32 Å². The van der Waals surface area contributed by atoms with Gasteiger partial charge in [-0.2, -0.15) is 0 Å². The van der Waals surface area contributed by atoms with E-state index in [2.05, 4.69) is 43.4 Å². The molecule has 1 aromatic rings. The Bertz CT molecular complexity index is 352. The predicted molar refractivity (Wildman–Crippen MR) is 72.0 cm³/mol. The average molecular weight is 233 g/mol. The van der Waals surface area contributed by atoms with Crippen LogP contribution in [0.5, 0.6) is 0 Å². The topological polar surface area (TPSA) is 29.1 Å². The summed E-state index contributed by atoms with van der Waals surface area (Å²) in [5.41, 5.74) is 2.37. The lowest BCUT2D eigenvalue weighted by Crippen LogP contribution is -2.21. The quantitative estimate of drug-likeness (QED) is 0.818. The van der Waals surface area contributed by atoms with E-state index in [9.17, 15) is 4.79 Å². The second kappa shape index (κ2) is 6.55. The van der Waals surface area contributed by atoms with E-state index in [4.69, 9.17) is 0 Å². The molecule has 0 bridgehead atoms. The molecule has 0 amide bonds. The third-order valence-corrected chi connectivity index (χ3v) is 2.76. The van der Waals surface area contributed by atoms with Gasteiger partial charge in [-0.15, -0.1) is 0 Å². The fraction of sp³-hybridized carbons (Fsp3) is 0.533. The highest BCUT2D eigenvalue weighted by Gasteiger charge is 2.07. The molecule has 0 saturated heterocycles. The minimum Gasteiger partial charge on any atom is -0.310 e. The average Bonchev–Trinajstić information content (AvgIpc) is 2.28. The Morgan fingerprint density at radius 2 is 1.59 bits per heavy atom. The fourth-order valence-corrected chi connectivity index (χ4v) is 1.50. The summed E-state index contributed by atoms with van der Waals surface area (Å²) < 4.78 is 0. The largest absolute Gasteiger partial charge is 0.310 e. The summed E-state index contributed by atoms with van der Waals surface area (Å²) in [5.74, 6) is 0.426. The molecule has 2 heteroatoms. The molecule has 0 aliphatic heterocycles. The molecule has 1 N–H and O–H groups in total. The number of hydrogen-bond donors (Lipinski definition) is 1. The summed E-state index contributed by atoms with van der Waals surface area (Å²) in [6.07, 6.45) is 0.551. The maximum atomic E-state index is 11.6. The number of hydrogen-bond acceptors (Lipinski definition) is 2. The van der Waals surface area contributed by atoms with Gasteiger partial charge >= 0.3 is 0 Å². The molecule has 0 heterocycles. The van der Waals surface area contributed by atoms with Gasteiger partial charge in [-0.25, -0.2) is 0 Å². The van der Waals surface area contributed by atoms with E-state index in [-0.39, 0.29) is 5.92 Å². The van der Waals surface area contributed by atoms with E-state index in [1.165, 1.54) is 5.56 Å². The third-order valence-electron chi connectivity index (χ3n) is 2.76. The van der Waals surface area contributed by atoms with Crippen LogP contribution in [-0.4, -0.2) is 11.8 Å². The maximum Gasteiger partial charge on any atom is 0.139 e. The highest BCUT2D eigenvalue weighted by Crippen LogP contribution is 2.08. The summed E-state index contributed by atoms with van der Waals surface area (Å²) in [6.45, 7) is 9.05. The van der Waals surface area contributed by atoms with Gasteiger partial charge in [0, 0.05) is 24.9 Å². The fourth-order valence-electron chi connectivity index (χ4n) is 1.50. The van der Waals surface area contributed by atoms with Crippen LogP contribution in [0, 0.1) is 5.92 Å². The maximum absolute atomic E-state index is 11.6. The van der Waals surface area contributed by atoms with E-state index < -0.39 is 0 Å². The van der Waals surface area contributed by atoms with Crippen molar-refractivity contribution in [3.05, 3.63) is 35.4 Å². The van der Waals surface area contributed by atoms with E-state index in [1.807, 2.05) is 13.8 Å². The standard InChI is InChI=1S/C15H23NO/c1-11(2)15(17)9-13-5-7-14(8-6-13)10-16-12(3)4/h5-8,11-12,16H,9-10H2,1-4H3. The zero-order valence-electron chi connectivity index (χ0n) is 11.3. The zero-order chi connectivity index (χ0) is 12.8. The van der Waals surface area contributed by atoms with Crippen molar-refractivity contribution in [3.8, 4) is 0 Å². The van der Waals surface area contributed by atoms with E-state index in [1.54, 1.807) is 0 Å². The van der Waals surface area contributed by atoms with Crippen molar-refractivity contribution in [2.24, 2.45) is 5.92 Å². The first-order chi connectivity index (χ1) is 7.99. The first-order valence-electron chi connectivity index (χ1n) is 6.33. The molecule has 0 radical (unpaired) electrons. The molecule has 0 unspecified atom stereocenters. The van der Waals surface area contributed by atoms with Gasteiger partial charge in [0.15, 0.2) is 0 Å². The molecular weight excluding hydrogens is 210 g/mol. The predicted octanol–water partition coefficient (Wildman–Crippen LogP) is 2.95. The number of nitrogens with one attached hydrogen (secondary N) is 1. The normalized spacial score (nSPS) is 11.2. The minimum atomic E-state index is 0.122. The Balaban J connectivity index is 2.53. The number of carbonyl (C=O) groups excluding carboxylic acids is 1. The second-order valence-electron chi connectivity index (χ2n) is 5.15. The van der Waals surface area contributed by atoms with Gasteiger partial charge in [0.05, 0.1) is 0 Å². The van der Waals surface area contributed by atoms with E-state index in [0.717, 1.165) is 12.1 Å². The molecule has 0 spiro atoms. The van der Waals surface area contributed by atoms with Gasteiger partial charge < -0.3 is 5.32 Å². The number of ketones is 1. The molecule has 0 saturated carbocycles. The van der Waals surface area contributed by atoms with Crippen molar-refractivity contribution in [2.45, 2.75) is 46.7 Å². The molecule has 0 atom stereocenters. The Labute approximate surface area is 104 Å². The summed E-state index contributed by atoms with van der Waals surface area (Å²) in [7, 11) is 0. The molecule has 0 aliphatic carbocycles. The van der Waals surface area contributed by atoms with Crippen LogP contribution in [0.4, 0.5) is 0 Å². The smallest absolute Gasteiger partial charge is 0.139 e. The Kier molecular flexibility index (Phi) is 5.36. The Hall–Kier alpha value is -1.15. The van der Waals surface area contributed by atoms with Gasteiger partial charge in [-0.05, 0) is 11.1 Å². The summed E-state index contributed by atoms with van der Waals surface area (Å²) in [5, 5.41) is 3.37. The van der Waals surface area contributed by atoms with Crippen molar-refractivity contribution in [2.75, 3.05) is 0 Å². The Morgan fingerprint density at radius 1 is 1.06 bits per heavy atom. The molecule has 0 aromatic heterocycles. The number of Topliss-reactive ketones (excluding diaryl/α,β-unsaturated/α-hetero) is 1. The lowest BCUT2D eigenvalue weighted by atomic mass is 10.0. The van der Waals surface area contributed by atoms with Crippen molar-refractivity contribution >= 4 is 5.78 Å². The van der Waals surface area contributed by atoms with Gasteiger partial charge in [0.25, 0.3) is 0 Å². The zero-order valence-corrected chi connectivity index (χ0v) is 11.3. The SMILES string of the molecule is CC(C)NCc1ccc(CC(=O)C(C)C)cc1. The molecule has 17 heavy (non-hydrogen) atoms. The van der Waals surface area contributed by atoms with Gasteiger partial charge in [-0.1, -0.05) is 52.0 Å². The van der Waals surface area contributed by atoms with E-state index in [0.29, 0.717) is 18.2 Å². The number of benzene rings is 1. The molecule has 0 fully saturated rings. The van der Waals surface area contributed by atoms with Crippen LogP contribution in [0.3, 0.4) is 0 Å². The number of carbonyl (C=O) groups is 1. The molecule has 0 aliphatic rings. The second-order valence-corrected chi connectivity index (χ2v) is 5.15. The monoisotopic (exact) mass is 233 g/mol. The van der Waals surface area contributed by atoms with Crippen molar-refractivity contribution in [3.63, 3.8) is 0 Å². The summed E-state index contributed by atoms with van der Waals surface area (Å²) in [6, 6.07) is 8.79. The lowest BCUT2D eigenvalue weighted by Gasteiger charge is -2.09. The minimum absolute atomic E-state index is 0.122. The molecule has 1 rings (SSSR count). The van der Waals surface area contributed by atoms with Crippen molar-refractivity contribution in [1.82, 2.24) is 5.32 Å². The lowest BCUT2D eigenvalue weighted by molar-refractivity contribution is -0.121. The molecule has 2 nitrogen and oxygen atoms in total. The molecule has 94 valence electrons. The van der Waals surface area contributed by atoms with Crippen LogP contribution in [0.2, 0.25) is 0 Å². The molecular formula is C15H23NO. The van der Waals surface area contributed by atoms with Gasteiger partial charge in [0.2, 0.25) is 0 Å². The van der Waals surface area contributed by atoms with Crippen LogP contribution in [0.1, 0.15) is 38.8 Å². The van der Waals surface area contributed by atoms with Crippen LogP contribution >= 0.6 is 0 Å². The van der Waals surface area contributed by atoms with Crippen LogP contribution in [0.25, 0.3) is 0 Å². The van der Waals surface area contributed by atoms with E-state index >= 15 is 0 Å². The Morgan fingerprint density at radius 3 is 2.06 bits per heavy atom. The van der Waals surface area contributed by atoms with Gasteiger partial charge in [-0.3, -0.25) is 4.79 Å². The van der Waals surface area contributed by atoms with Crippen molar-refractivity contribution in [1.29, 1.82) is 0 Å².